The van der Waals surface area contributed by atoms with E-state index in [-0.39, 0.29) is 0 Å². The van der Waals surface area contributed by atoms with Crippen LogP contribution in [0.4, 0.5) is 0 Å². The fourth-order valence-corrected chi connectivity index (χ4v) is 3.58. The predicted octanol–water partition coefficient (Wildman–Crippen LogP) is 4.61. The van der Waals surface area contributed by atoms with Crippen molar-refractivity contribution >= 4 is 34.8 Å². The summed E-state index contributed by atoms with van der Waals surface area (Å²) in [7, 11) is 2.17. The van der Waals surface area contributed by atoms with Crippen molar-refractivity contribution in [3.05, 3.63) is 64.1 Å². The maximum atomic E-state index is 6.25. The molecule has 0 N–H and O–H groups in total. The van der Waals surface area contributed by atoms with Gasteiger partial charge in [-0.25, -0.2) is 0 Å². The van der Waals surface area contributed by atoms with Crippen LogP contribution in [0, 0.1) is 6.92 Å². The Kier molecular flexibility index (Phi) is 3.91. The van der Waals surface area contributed by atoms with E-state index in [4.69, 9.17) is 11.6 Å². The molecule has 122 valence electrons. The molecule has 0 saturated carbocycles. The lowest BCUT2D eigenvalue weighted by Crippen LogP contribution is -2.26. The zero-order valence-electron chi connectivity index (χ0n) is 14.0. The molecule has 24 heavy (non-hydrogen) atoms. The molecule has 2 aromatic heterocycles. The highest BCUT2D eigenvalue weighted by molar-refractivity contribution is 6.31. The van der Waals surface area contributed by atoms with E-state index in [1.165, 1.54) is 22.2 Å². The van der Waals surface area contributed by atoms with E-state index >= 15 is 0 Å². The van der Waals surface area contributed by atoms with Crippen molar-refractivity contribution in [3.63, 3.8) is 0 Å². The minimum absolute atomic E-state index is 0.794. The van der Waals surface area contributed by atoms with Crippen LogP contribution in [0.5, 0.6) is 0 Å². The van der Waals surface area contributed by atoms with Gasteiger partial charge in [-0.3, -0.25) is 4.98 Å². The van der Waals surface area contributed by atoms with Crippen LogP contribution in [0.1, 0.15) is 22.5 Å². The van der Waals surface area contributed by atoms with Gasteiger partial charge in [-0.05, 0) is 55.4 Å². The number of halogens is 1. The Bertz CT molecular complexity index is 922. The zero-order valence-corrected chi connectivity index (χ0v) is 14.7. The van der Waals surface area contributed by atoms with Gasteiger partial charge in [0.25, 0.3) is 0 Å². The van der Waals surface area contributed by atoms with Crippen LogP contribution in [-0.2, 0) is 13.0 Å². The minimum Gasteiger partial charge on any atom is -0.320 e. The molecular weight excluding hydrogens is 318 g/mol. The molecular formula is C20H20ClN3. The van der Waals surface area contributed by atoms with Crippen molar-refractivity contribution in [2.75, 3.05) is 13.6 Å². The smallest absolute Gasteiger partial charge is 0.0529 e. The van der Waals surface area contributed by atoms with Crippen LogP contribution in [0.15, 0.2) is 36.5 Å². The predicted molar refractivity (Wildman–Crippen MR) is 101 cm³/mol. The summed E-state index contributed by atoms with van der Waals surface area (Å²) < 4.78 is 2.31. The Labute approximate surface area is 147 Å². The van der Waals surface area contributed by atoms with Gasteiger partial charge in [0.15, 0.2) is 0 Å². The second kappa shape index (κ2) is 6.08. The standard InChI is InChI=1S/C20H20ClN3/c1-14-3-4-15(12-22-14)7-10-24-19-6-5-16(21)11-17(19)18-13-23(2)9-8-20(18)24/h3-7,10-12H,8-9,13H2,1-2H3. The summed E-state index contributed by atoms with van der Waals surface area (Å²) in [5.74, 6) is 0. The second-order valence-corrected chi connectivity index (χ2v) is 6.93. The first-order valence-corrected chi connectivity index (χ1v) is 8.60. The molecule has 3 heterocycles. The van der Waals surface area contributed by atoms with E-state index < -0.39 is 0 Å². The van der Waals surface area contributed by atoms with Crippen molar-refractivity contribution < 1.29 is 0 Å². The van der Waals surface area contributed by atoms with Crippen LogP contribution >= 0.6 is 11.6 Å². The molecule has 4 rings (SSSR count). The van der Waals surface area contributed by atoms with E-state index in [0.717, 1.165) is 35.8 Å². The first-order chi connectivity index (χ1) is 11.6. The van der Waals surface area contributed by atoms with Gasteiger partial charge in [-0.2, -0.15) is 0 Å². The van der Waals surface area contributed by atoms with Gasteiger partial charge in [0.1, 0.15) is 0 Å². The highest BCUT2D eigenvalue weighted by Gasteiger charge is 2.21. The highest BCUT2D eigenvalue weighted by atomic mass is 35.5. The molecule has 0 aliphatic carbocycles. The quantitative estimate of drug-likeness (QED) is 0.680. The molecule has 0 amide bonds. The monoisotopic (exact) mass is 337 g/mol. The summed E-state index contributed by atoms with van der Waals surface area (Å²) in [5.41, 5.74) is 6.15. The number of aryl methyl sites for hydroxylation is 1. The van der Waals surface area contributed by atoms with Crippen LogP contribution < -0.4 is 0 Å². The number of benzene rings is 1. The number of aromatic nitrogens is 2. The Morgan fingerprint density at radius 2 is 2.08 bits per heavy atom. The minimum atomic E-state index is 0.794. The van der Waals surface area contributed by atoms with Crippen molar-refractivity contribution in [2.24, 2.45) is 0 Å². The molecule has 4 heteroatoms. The van der Waals surface area contributed by atoms with E-state index in [1.807, 2.05) is 25.3 Å². The fourth-order valence-electron chi connectivity index (χ4n) is 3.41. The number of hydrogen-bond donors (Lipinski definition) is 0. The van der Waals surface area contributed by atoms with Crippen molar-refractivity contribution in [1.82, 2.24) is 14.5 Å². The third-order valence-electron chi connectivity index (χ3n) is 4.69. The Balaban J connectivity index is 1.84. The van der Waals surface area contributed by atoms with Gasteiger partial charge in [0.05, 0.1) is 5.52 Å². The first-order valence-electron chi connectivity index (χ1n) is 8.22. The third-order valence-corrected chi connectivity index (χ3v) is 4.93. The molecule has 0 spiro atoms. The van der Waals surface area contributed by atoms with E-state index in [9.17, 15) is 0 Å². The molecule has 0 atom stereocenters. The van der Waals surface area contributed by atoms with Gasteiger partial charge in [0, 0.05) is 53.7 Å². The second-order valence-electron chi connectivity index (χ2n) is 6.49. The summed E-state index contributed by atoms with van der Waals surface area (Å²) >= 11 is 6.25. The Morgan fingerprint density at radius 3 is 2.88 bits per heavy atom. The molecule has 3 nitrogen and oxygen atoms in total. The lowest BCUT2D eigenvalue weighted by Gasteiger charge is -2.23. The lowest BCUT2D eigenvalue weighted by atomic mass is 10.1. The summed E-state index contributed by atoms with van der Waals surface area (Å²) in [4.78, 5) is 6.73. The van der Waals surface area contributed by atoms with Crippen molar-refractivity contribution in [1.29, 1.82) is 0 Å². The highest BCUT2D eigenvalue weighted by Crippen LogP contribution is 2.32. The number of fused-ring (bicyclic) bond motifs is 3. The van der Waals surface area contributed by atoms with Gasteiger partial charge in [-0.15, -0.1) is 0 Å². The molecule has 1 aromatic carbocycles. The van der Waals surface area contributed by atoms with Gasteiger partial charge in [-0.1, -0.05) is 17.7 Å². The number of likely N-dealkylation sites (N-methyl/N-ethyl adjacent to an activating group) is 1. The van der Waals surface area contributed by atoms with Gasteiger partial charge < -0.3 is 9.47 Å². The van der Waals surface area contributed by atoms with Crippen molar-refractivity contribution in [2.45, 2.75) is 19.9 Å². The average molecular weight is 338 g/mol. The molecule has 1 aliphatic rings. The summed E-state index contributed by atoms with van der Waals surface area (Å²) in [6, 6.07) is 10.3. The van der Waals surface area contributed by atoms with Crippen LogP contribution in [0.2, 0.25) is 5.02 Å². The summed E-state index contributed by atoms with van der Waals surface area (Å²) in [5, 5.41) is 2.05. The normalized spacial score (nSPS) is 15.3. The van der Waals surface area contributed by atoms with Crippen LogP contribution in [-0.4, -0.2) is 28.0 Å². The SMILES string of the molecule is Cc1ccc(C=Cn2c3c(c4cc(Cl)ccc42)CN(C)CC3)cn1. The molecule has 0 fully saturated rings. The largest absolute Gasteiger partial charge is 0.320 e. The third kappa shape index (κ3) is 2.74. The zero-order chi connectivity index (χ0) is 16.7. The lowest BCUT2D eigenvalue weighted by molar-refractivity contribution is 0.312. The average Bonchev–Trinajstić information content (AvgIpc) is 2.87. The molecule has 1 aliphatic heterocycles. The number of rotatable bonds is 2. The molecule has 0 saturated heterocycles. The molecule has 3 aromatic rings. The van der Waals surface area contributed by atoms with E-state index in [2.05, 4.69) is 52.0 Å². The first kappa shape index (κ1) is 15.4. The maximum Gasteiger partial charge on any atom is 0.0529 e. The van der Waals surface area contributed by atoms with Gasteiger partial charge in [0.2, 0.25) is 0 Å². The maximum absolute atomic E-state index is 6.25. The summed E-state index contributed by atoms with van der Waals surface area (Å²) in [6.45, 7) is 4.06. The van der Waals surface area contributed by atoms with Crippen LogP contribution in [0.25, 0.3) is 23.2 Å². The molecule has 0 unspecified atom stereocenters. The summed E-state index contributed by atoms with van der Waals surface area (Å²) in [6.07, 6.45) is 7.25. The number of nitrogens with zero attached hydrogens (tertiary/aromatic N) is 3. The molecule has 0 bridgehead atoms. The topological polar surface area (TPSA) is 21.1 Å². The molecule has 0 radical (unpaired) electrons. The Morgan fingerprint density at radius 1 is 1.21 bits per heavy atom. The fraction of sp³-hybridized carbons (Fsp3) is 0.250. The van der Waals surface area contributed by atoms with Crippen molar-refractivity contribution in [3.8, 4) is 0 Å². The number of pyridine rings is 1. The van der Waals surface area contributed by atoms with E-state index in [1.54, 1.807) is 0 Å². The van der Waals surface area contributed by atoms with Crippen LogP contribution in [0.3, 0.4) is 0 Å². The Hall–Kier alpha value is -2.10. The number of hydrogen-bond acceptors (Lipinski definition) is 2. The van der Waals surface area contributed by atoms with Gasteiger partial charge >= 0.3 is 0 Å². The van der Waals surface area contributed by atoms with E-state index in [0.29, 0.717) is 0 Å².